The van der Waals surface area contributed by atoms with Crippen LogP contribution in [0.3, 0.4) is 0 Å². The van der Waals surface area contributed by atoms with E-state index in [-0.39, 0.29) is 0 Å². The summed E-state index contributed by atoms with van der Waals surface area (Å²) < 4.78 is -1.97. The van der Waals surface area contributed by atoms with E-state index in [1.165, 1.54) is 0 Å². The van der Waals surface area contributed by atoms with Crippen LogP contribution in [0.25, 0.3) is 0 Å². The Morgan fingerprint density at radius 1 is 1.15 bits per heavy atom. The summed E-state index contributed by atoms with van der Waals surface area (Å²) in [5, 5.41) is 6.76. The lowest BCUT2D eigenvalue weighted by Crippen LogP contribution is -2.19. The van der Waals surface area contributed by atoms with Gasteiger partial charge in [0, 0.05) is 0 Å². The molecule has 0 aromatic carbocycles. The molecule has 0 aliphatic heterocycles. The quantitative estimate of drug-likeness (QED) is 0.639. The SMILES string of the molecule is O=C(O)/C(Cl)=C(\Cl)C(=O)C(Cl)(Cl)Br. The molecule has 0 atom stereocenters. The number of carbonyl (C=O) groups is 2. The van der Waals surface area contributed by atoms with Crippen molar-refractivity contribution in [2.75, 3.05) is 0 Å². The standard InChI is InChI=1S/C5HBrCl4O3/c6-5(9,10)3(11)1(7)2(8)4(12)13/h(H,12,13)/b2-1+. The van der Waals surface area contributed by atoms with Gasteiger partial charge in [0.15, 0.2) is 0 Å². The highest BCUT2D eigenvalue weighted by Gasteiger charge is 2.34. The molecule has 13 heavy (non-hydrogen) atoms. The maximum atomic E-state index is 11.1. The number of allylic oxidation sites excluding steroid dienone is 1. The first kappa shape index (κ1) is 13.5. The third-order valence-electron chi connectivity index (χ3n) is 0.837. The first-order chi connectivity index (χ1) is 5.68. The number of carboxylic acid groups (broad SMARTS) is 1. The highest BCUT2D eigenvalue weighted by Crippen LogP contribution is 2.34. The highest BCUT2D eigenvalue weighted by atomic mass is 79.9. The Labute approximate surface area is 102 Å². The molecule has 74 valence electrons. The van der Waals surface area contributed by atoms with Crippen LogP contribution in [0.5, 0.6) is 0 Å². The molecular formula is C5HBrCl4O3. The van der Waals surface area contributed by atoms with E-state index < -0.39 is 25.1 Å². The Morgan fingerprint density at radius 3 is 1.77 bits per heavy atom. The van der Waals surface area contributed by atoms with Gasteiger partial charge in [0.2, 0.25) is 9.03 Å². The van der Waals surface area contributed by atoms with Gasteiger partial charge in [0.25, 0.3) is 0 Å². The number of hydrogen-bond donors (Lipinski definition) is 1. The van der Waals surface area contributed by atoms with Gasteiger partial charge >= 0.3 is 5.97 Å². The van der Waals surface area contributed by atoms with E-state index in [0.29, 0.717) is 0 Å². The number of aliphatic carboxylic acids is 1. The Bertz CT molecular complexity index is 280. The molecule has 0 radical (unpaired) electrons. The Morgan fingerprint density at radius 2 is 1.54 bits per heavy atom. The fourth-order valence-electron chi connectivity index (χ4n) is 0.318. The lowest BCUT2D eigenvalue weighted by Gasteiger charge is -2.08. The average Bonchev–Trinajstić information content (AvgIpc) is 1.98. The topological polar surface area (TPSA) is 54.4 Å². The van der Waals surface area contributed by atoms with E-state index in [4.69, 9.17) is 51.5 Å². The summed E-state index contributed by atoms with van der Waals surface area (Å²) in [4.78, 5) is 21.3. The molecule has 0 aromatic rings. The lowest BCUT2D eigenvalue weighted by molar-refractivity contribution is -0.132. The van der Waals surface area contributed by atoms with Crippen LogP contribution in [-0.4, -0.2) is 20.1 Å². The van der Waals surface area contributed by atoms with Crippen molar-refractivity contribution in [1.82, 2.24) is 0 Å². The molecule has 0 aromatic heterocycles. The molecule has 1 N–H and O–H groups in total. The van der Waals surface area contributed by atoms with Crippen LogP contribution in [0.15, 0.2) is 10.1 Å². The monoisotopic (exact) mass is 328 g/mol. The number of carbonyl (C=O) groups excluding carboxylic acids is 1. The highest BCUT2D eigenvalue weighted by molar-refractivity contribution is 9.11. The van der Waals surface area contributed by atoms with E-state index in [1.54, 1.807) is 0 Å². The minimum atomic E-state index is -1.97. The van der Waals surface area contributed by atoms with Crippen LogP contribution in [0.2, 0.25) is 0 Å². The third-order valence-corrected chi connectivity index (χ3v) is 2.35. The van der Waals surface area contributed by atoms with Crippen molar-refractivity contribution < 1.29 is 14.7 Å². The third kappa shape index (κ3) is 4.04. The van der Waals surface area contributed by atoms with Gasteiger partial charge in [-0.2, -0.15) is 0 Å². The summed E-state index contributed by atoms with van der Waals surface area (Å²) in [6.07, 6.45) is 0. The summed E-state index contributed by atoms with van der Waals surface area (Å²) in [7, 11) is 0. The zero-order chi connectivity index (χ0) is 10.8. The second-order valence-electron chi connectivity index (χ2n) is 1.76. The van der Waals surface area contributed by atoms with Gasteiger partial charge in [-0.15, -0.1) is 0 Å². The van der Waals surface area contributed by atoms with E-state index in [2.05, 4.69) is 15.9 Å². The molecular weight excluding hydrogens is 330 g/mol. The summed E-state index contributed by atoms with van der Waals surface area (Å²) in [5.41, 5.74) is 0. The summed E-state index contributed by atoms with van der Waals surface area (Å²) >= 11 is 23.6. The Hall–Kier alpha value is 0.520. The van der Waals surface area contributed by atoms with Crippen molar-refractivity contribution in [3.63, 3.8) is 0 Å². The average molecular weight is 331 g/mol. The van der Waals surface area contributed by atoms with Gasteiger partial charge in [0.05, 0.1) is 0 Å². The normalized spacial score (nSPS) is 13.6. The number of alkyl halides is 3. The molecule has 0 saturated heterocycles. The Kier molecular flexibility index (Phi) is 5.04. The fraction of sp³-hybridized carbons (Fsp3) is 0.200. The van der Waals surface area contributed by atoms with Crippen LogP contribution in [0.4, 0.5) is 0 Å². The van der Waals surface area contributed by atoms with E-state index >= 15 is 0 Å². The second-order valence-corrected chi connectivity index (χ2v) is 5.95. The molecule has 3 nitrogen and oxygen atoms in total. The zero-order valence-corrected chi connectivity index (χ0v) is 10.3. The molecule has 0 bridgehead atoms. The minimum Gasteiger partial charge on any atom is -0.477 e. The molecule has 0 heterocycles. The largest absolute Gasteiger partial charge is 0.477 e. The first-order valence-corrected chi connectivity index (χ1v) is 4.88. The molecule has 0 rings (SSSR count). The zero-order valence-electron chi connectivity index (χ0n) is 5.65. The van der Waals surface area contributed by atoms with Gasteiger partial charge < -0.3 is 5.11 Å². The maximum Gasteiger partial charge on any atom is 0.348 e. The first-order valence-electron chi connectivity index (χ1n) is 2.58. The molecule has 0 spiro atoms. The van der Waals surface area contributed by atoms with E-state index in [1.807, 2.05) is 0 Å². The van der Waals surface area contributed by atoms with E-state index in [9.17, 15) is 9.59 Å². The molecule has 0 aliphatic carbocycles. The fourth-order valence-corrected chi connectivity index (χ4v) is 1.22. The molecule has 0 unspecified atom stereocenters. The molecule has 0 fully saturated rings. The predicted molar refractivity (Wildman–Crippen MR) is 54.7 cm³/mol. The van der Waals surface area contributed by atoms with Gasteiger partial charge in [-0.1, -0.05) is 46.4 Å². The summed E-state index contributed by atoms with van der Waals surface area (Å²) in [5.74, 6) is -2.57. The van der Waals surface area contributed by atoms with Crippen molar-refractivity contribution >= 4 is 74.1 Å². The van der Waals surface area contributed by atoms with Crippen LogP contribution in [0, 0.1) is 0 Å². The second kappa shape index (κ2) is 4.84. The lowest BCUT2D eigenvalue weighted by atomic mass is 10.4. The van der Waals surface area contributed by atoms with E-state index in [0.717, 1.165) is 0 Å². The Balaban J connectivity index is 5.01. The van der Waals surface area contributed by atoms with Gasteiger partial charge in [-0.3, -0.25) is 4.79 Å². The number of ketones is 1. The number of Topliss-reactive ketones (excluding diaryl/α,β-unsaturated/α-hetero) is 1. The van der Waals surface area contributed by atoms with Crippen LogP contribution >= 0.6 is 62.3 Å². The number of carboxylic acids is 1. The number of halogens is 5. The summed E-state index contributed by atoms with van der Waals surface area (Å²) in [6.45, 7) is 0. The van der Waals surface area contributed by atoms with Crippen LogP contribution < -0.4 is 0 Å². The van der Waals surface area contributed by atoms with Gasteiger partial charge in [0.1, 0.15) is 10.1 Å². The van der Waals surface area contributed by atoms with Crippen molar-refractivity contribution in [3.05, 3.63) is 10.1 Å². The van der Waals surface area contributed by atoms with Crippen LogP contribution in [-0.2, 0) is 9.59 Å². The van der Waals surface area contributed by atoms with Crippen molar-refractivity contribution in [1.29, 1.82) is 0 Å². The molecule has 0 aliphatic rings. The molecule has 0 amide bonds. The minimum absolute atomic E-state index is 0.740. The molecule has 0 saturated carbocycles. The molecule has 8 heteroatoms. The predicted octanol–water partition coefficient (Wildman–Crippen LogP) is 2.86. The van der Waals surface area contributed by atoms with Crippen molar-refractivity contribution in [2.24, 2.45) is 0 Å². The maximum absolute atomic E-state index is 11.1. The van der Waals surface area contributed by atoms with Gasteiger partial charge in [-0.25, -0.2) is 4.79 Å². The van der Waals surface area contributed by atoms with Crippen molar-refractivity contribution in [3.8, 4) is 0 Å². The number of rotatable bonds is 3. The van der Waals surface area contributed by atoms with Crippen molar-refractivity contribution in [2.45, 2.75) is 3.24 Å². The van der Waals surface area contributed by atoms with Gasteiger partial charge in [-0.05, 0) is 15.9 Å². The number of hydrogen-bond acceptors (Lipinski definition) is 2. The van der Waals surface area contributed by atoms with Crippen LogP contribution in [0.1, 0.15) is 0 Å². The summed E-state index contributed by atoms with van der Waals surface area (Å²) in [6, 6.07) is 0. The smallest absolute Gasteiger partial charge is 0.348 e.